The highest BCUT2D eigenvalue weighted by atomic mass is 16.1. The number of pyridine rings is 1. The molecule has 32 heavy (non-hydrogen) atoms. The van der Waals surface area contributed by atoms with Crippen molar-refractivity contribution in [2.75, 3.05) is 5.32 Å². The summed E-state index contributed by atoms with van der Waals surface area (Å²) < 4.78 is 1.91. The first-order valence-electron chi connectivity index (χ1n) is 10.5. The van der Waals surface area contributed by atoms with Crippen molar-refractivity contribution in [1.82, 2.24) is 24.7 Å². The first-order valence-corrected chi connectivity index (χ1v) is 10.5. The number of hydrogen-bond acceptors (Lipinski definition) is 6. The molecule has 3 heterocycles. The summed E-state index contributed by atoms with van der Waals surface area (Å²) in [5.41, 5.74) is 2.94. The molecule has 0 amide bonds. The molecule has 0 spiro atoms. The average Bonchev–Trinajstić information content (AvgIpc) is 3.64. The molecule has 1 aromatic carbocycles. The lowest BCUT2D eigenvalue weighted by molar-refractivity contribution is 0.636. The third-order valence-electron chi connectivity index (χ3n) is 5.73. The van der Waals surface area contributed by atoms with Crippen molar-refractivity contribution in [3.8, 4) is 11.1 Å². The summed E-state index contributed by atoms with van der Waals surface area (Å²) in [5, 5.41) is 12.7. The zero-order chi connectivity index (χ0) is 22.2. The molecule has 1 saturated carbocycles. The molecule has 3 aromatic heterocycles. The predicted molar refractivity (Wildman–Crippen MR) is 123 cm³/mol. The van der Waals surface area contributed by atoms with Crippen molar-refractivity contribution in [3.05, 3.63) is 82.2 Å². The van der Waals surface area contributed by atoms with Gasteiger partial charge in [-0.3, -0.25) is 9.78 Å². The fraction of sp³-hybridized carbons (Fsp3) is 0.250. The Kier molecular flexibility index (Phi) is 4.86. The second-order valence-electron chi connectivity index (χ2n) is 8.01. The van der Waals surface area contributed by atoms with Crippen molar-refractivity contribution < 1.29 is 0 Å². The van der Waals surface area contributed by atoms with E-state index in [0.717, 1.165) is 35.0 Å². The minimum Gasteiger partial charge on any atom is -0.371 e. The summed E-state index contributed by atoms with van der Waals surface area (Å²) >= 11 is 0. The Labute approximate surface area is 184 Å². The molecule has 4 aromatic rings. The van der Waals surface area contributed by atoms with E-state index in [2.05, 4.69) is 36.4 Å². The highest BCUT2D eigenvalue weighted by Crippen LogP contribution is 2.38. The van der Waals surface area contributed by atoms with Crippen LogP contribution in [0.15, 0.2) is 53.7 Å². The second-order valence-corrected chi connectivity index (χ2v) is 8.01. The van der Waals surface area contributed by atoms with Gasteiger partial charge in [0.2, 0.25) is 5.69 Å². The van der Waals surface area contributed by atoms with E-state index in [-0.39, 0.29) is 17.6 Å². The number of fused-ring (bicyclic) bond motifs is 1. The topological polar surface area (TPSA) is 90.0 Å². The van der Waals surface area contributed by atoms with Crippen LogP contribution in [0.4, 0.5) is 11.5 Å². The van der Waals surface area contributed by atoms with Gasteiger partial charge >= 0.3 is 0 Å². The summed E-state index contributed by atoms with van der Waals surface area (Å²) in [6.45, 7) is 11.2. The normalized spacial score (nSPS) is 14.2. The minimum absolute atomic E-state index is 0.00895. The van der Waals surface area contributed by atoms with Crippen LogP contribution in [-0.4, -0.2) is 24.7 Å². The van der Waals surface area contributed by atoms with Gasteiger partial charge in [-0.1, -0.05) is 18.2 Å². The summed E-state index contributed by atoms with van der Waals surface area (Å²) in [6.07, 6.45) is 6.78. The van der Waals surface area contributed by atoms with Crippen LogP contribution in [0.3, 0.4) is 0 Å². The molecule has 8 heteroatoms. The van der Waals surface area contributed by atoms with Crippen LogP contribution in [0, 0.1) is 13.5 Å². The fourth-order valence-electron chi connectivity index (χ4n) is 4.06. The Balaban J connectivity index is 1.66. The zero-order valence-electron chi connectivity index (χ0n) is 17.8. The van der Waals surface area contributed by atoms with Gasteiger partial charge in [-0.15, -0.1) is 0 Å². The van der Waals surface area contributed by atoms with E-state index in [0.29, 0.717) is 22.7 Å². The van der Waals surface area contributed by atoms with Crippen molar-refractivity contribution in [3.63, 3.8) is 0 Å². The number of nitrogens with zero attached hydrogens (tertiary/aromatic N) is 6. The Morgan fingerprint density at radius 3 is 2.78 bits per heavy atom. The molecule has 0 unspecified atom stereocenters. The van der Waals surface area contributed by atoms with Gasteiger partial charge in [0.15, 0.2) is 0 Å². The lowest BCUT2D eigenvalue weighted by Crippen LogP contribution is -2.26. The van der Waals surface area contributed by atoms with Gasteiger partial charge < -0.3 is 9.88 Å². The number of anilines is 1. The van der Waals surface area contributed by atoms with E-state index in [4.69, 9.17) is 6.57 Å². The van der Waals surface area contributed by atoms with Crippen LogP contribution in [-0.2, 0) is 0 Å². The molecule has 158 valence electrons. The molecule has 5 rings (SSSR count). The van der Waals surface area contributed by atoms with Crippen LogP contribution >= 0.6 is 0 Å². The maximum absolute atomic E-state index is 13.8. The number of benzene rings is 1. The highest BCUT2D eigenvalue weighted by molar-refractivity contribution is 5.96. The molecule has 1 atom stereocenters. The van der Waals surface area contributed by atoms with Gasteiger partial charge in [0.1, 0.15) is 11.6 Å². The molecule has 0 saturated heterocycles. The first kappa shape index (κ1) is 19.8. The molecule has 1 aliphatic rings. The maximum atomic E-state index is 13.8. The predicted octanol–water partition coefficient (Wildman–Crippen LogP) is 4.62. The second kappa shape index (κ2) is 7.85. The number of rotatable bonds is 5. The Morgan fingerprint density at radius 2 is 2.06 bits per heavy atom. The molecule has 0 aliphatic heterocycles. The Morgan fingerprint density at radius 1 is 1.22 bits per heavy atom. The van der Waals surface area contributed by atoms with Gasteiger partial charge in [-0.2, -0.15) is 10.2 Å². The summed E-state index contributed by atoms with van der Waals surface area (Å²) in [5.74, 6) is 1.06. The molecular weight excluding hydrogens is 402 g/mol. The quantitative estimate of drug-likeness (QED) is 0.471. The van der Waals surface area contributed by atoms with Gasteiger partial charge in [0, 0.05) is 23.5 Å². The van der Waals surface area contributed by atoms with E-state index in [9.17, 15) is 4.79 Å². The Hall–Kier alpha value is -4.12. The van der Waals surface area contributed by atoms with Crippen molar-refractivity contribution >= 4 is 22.3 Å². The molecule has 1 fully saturated rings. The van der Waals surface area contributed by atoms with Crippen LogP contribution in [0.5, 0.6) is 0 Å². The third-order valence-corrected chi connectivity index (χ3v) is 5.73. The van der Waals surface area contributed by atoms with Gasteiger partial charge in [-0.05, 0) is 49.8 Å². The van der Waals surface area contributed by atoms with E-state index in [1.165, 1.54) is 6.20 Å². The average molecular weight is 423 g/mol. The third kappa shape index (κ3) is 3.48. The van der Waals surface area contributed by atoms with E-state index < -0.39 is 0 Å². The van der Waals surface area contributed by atoms with E-state index in [1.807, 2.05) is 35.8 Å². The molecular formula is C24H21N7O. The SMILES string of the molecule is [C-]#[N+]c1cnc(C)nc1N[C@@H](C)c1cc2cccc(-c3ccnnc3)c2c(=O)n1C1CC1. The largest absolute Gasteiger partial charge is 0.371 e. The van der Waals surface area contributed by atoms with Crippen molar-refractivity contribution in [1.29, 1.82) is 0 Å². The summed E-state index contributed by atoms with van der Waals surface area (Å²) in [4.78, 5) is 25.8. The molecule has 1 aliphatic carbocycles. The number of nitrogens with one attached hydrogen (secondary N) is 1. The number of aromatic nitrogens is 5. The minimum atomic E-state index is -0.228. The fourth-order valence-corrected chi connectivity index (χ4v) is 4.06. The standard InChI is InChI=1S/C24H21N7O/c1-14(29-23-20(25-3)13-26-15(2)30-23)21-11-16-5-4-6-19(17-9-10-27-28-12-17)22(16)24(32)31(21)18-7-8-18/h4-6,9-14,18H,7-8H2,1-2H3,(H,26,29,30)/t14-/m0/s1. The van der Waals surface area contributed by atoms with Crippen LogP contribution in [0.25, 0.3) is 26.7 Å². The highest BCUT2D eigenvalue weighted by Gasteiger charge is 2.30. The van der Waals surface area contributed by atoms with Crippen LogP contribution in [0.2, 0.25) is 0 Å². The van der Waals surface area contributed by atoms with Crippen molar-refractivity contribution in [2.45, 2.75) is 38.8 Å². The van der Waals surface area contributed by atoms with Gasteiger partial charge in [0.25, 0.3) is 5.56 Å². The number of aryl methyl sites for hydroxylation is 1. The van der Waals surface area contributed by atoms with Crippen LogP contribution in [0.1, 0.15) is 43.4 Å². The summed E-state index contributed by atoms with van der Waals surface area (Å²) in [6, 6.07) is 9.75. The van der Waals surface area contributed by atoms with Crippen molar-refractivity contribution in [2.24, 2.45) is 0 Å². The molecule has 0 bridgehead atoms. The smallest absolute Gasteiger partial charge is 0.259 e. The van der Waals surface area contributed by atoms with Gasteiger partial charge in [0.05, 0.1) is 30.4 Å². The zero-order valence-corrected chi connectivity index (χ0v) is 17.8. The maximum Gasteiger partial charge on any atom is 0.259 e. The lowest BCUT2D eigenvalue weighted by Gasteiger charge is -2.22. The number of hydrogen-bond donors (Lipinski definition) is 1. The van der Waals surface area contributed by atoms with E-state index in [1.54, 1.807) is 19.3 Å². The Bertz CT molecular complexity index is 1420. The van der Waals surface area contributed by atoms with E-state index >= 15 is 0 Å². The molecule has 1 N–H and O–H groups in total. The lowest BCUT2D eigenvalue weighted by atomic mass is 9.99. The first-order chi connectivity index (χ1) is 15.6. The van der Waals surface area contributed by atoms with Gasteiger partial charge in [-0.25, -0.2) is 9.83 Å². The van der Waals surface area contributed by atoms with Crippen LogP contribution < -0.4 is 10.9 Å². The monoisotopic (exact) mass is 423 g/mol. The molecule has 8 nitrogen and oxygen atoms in total. The summed E-state index contributed by atoms with van der Waals surface area (Å²) in [7, 11) is 0. The molecule has 0 radical (unpaired) electrons.